The zero-order valence-electron chi connectivity index (χ0n) is 18.2. The lowest BCUT2D eigenvalue weighted by Crippen LogP contribution is -2.37. The number of hydrogen-bond acceptors (Lipinski definition) is 4. The Balaban J connectivity index is 1.58. The van der Waals surface area contributed by atoms with Gasteiger partial charge in [0.15, 0.2) is 5.11 Å². The number of rotatable bonds is 7. The quantitative estimate of drug-likeness (QED) is 0.504. The monoisotopic (exact) mass is 481 g/mol. The number of halogens is 2. The molecule has 1 N–H and O–H groups in total. The van der Waals surface area contributed by atoms with Crippen LogP contribution in [0.4, 0.5) is 20.2 Å². The average Bonchev–Trinajstić information content (AvgIpc) is 3.05. The summed E-state index contributed by atoms with van der Waals surface area (Å²) in [6, 6.07) is 17.1. The highest BCUT2D eigenvalue weighted by atomic mass is 32.1. The Labute approximate surface area is 200 Å². The van der Waals surface area contributed by atoms with Crippen LogP contribution in [0.5, 0.6) is 5.75 Å². The largest absolute Gasteiger partial charge is 0.497 e. The first-order valence-electron chi connectivity index (χ1n) is 10.4. The van der Waals surface area contributed by atoms with Gasteiger partial charge in [0.05, 0.1) is 19.2 Å². The van der Waals surface area contributed by atoms with Gasteiger partial charge >= 0.3 is 0 Å². The van der Waals surface area contributed by atoms with E-state index in [1.165, 1.54) is 41.3 Å². The van der Waals surface area contributed by atoms with Gasteiger partial charge in [0, 0.05) is 12.2 Å². The molecule has 0 radical (unpaired) electrons. The fourth-order valence-electron chi connectivity index (χ4n) is 3.69. The summed E-state index contributed by atoms with van der Waals surface area (Å²) in [6.07, 6.45) is -0.163. The Morgan fingerprint density at radius 2 is 1.56 bits per heavy atom. The van der Waals surface area contributed by atoms with E-state index in [0.717, 1.165) is 5.56 Å². The third-order valence-corrected chi connectivity index (χ3v) is 5.84. The lowest BCUT2D eigenvalue weighted by atomic mass is 10.1. The maximum Gasteiger partial charge on any atom is 0.256 e. The fourth-order valence-corrected chi connectivity index (χ4v) is 4.08. The smallest absolute Gasteiger partial charge is 0.256 e. The summed E-state index contributed by atoms with van der Waals surface area (Å²) in [4.78, 5) is 29.1. The van der Waals surface area contributed by atoms with Gasteiger partial charge in [-0.15, -0.1) is 0 Å². The zero-order chi connectivity index (χ0) is 24.2. The van der Waals surface area contributed by atoms with E-state index in [4.69, 9.17) is 17.0 Å². The topological polar surface area (TPSA) is 61.9 Å². The molecule has 0 unspecified atom stereocenters. The molecule has 34 heavy (non-hydrogen) atoms. The molecule has 0 saturated carbocycles. The minimum absolute atomic E-state index is 0.163. The highest BCUT2D eigenvalue weighted by Gasteiger charge is 2.44. The summed E-state index contributed by atoms with van der Waals surface area (Å²) in [6.45, 7) is 0.197. The van der Waals surface area contributed by atoms with Crippen LogP contribution in [0.15, 0.2) is 72.8 Å². The molecule has 1 aliphatic rings. The van der Waals surface area contributed by atoms with Crippen LogP contribution in [-0.2, 0) is 16.1 Å². The van der Waals surface area contributed by atoms with Gasteiger partial charge in [0.2, 0.25) is 5.91 Å². The van der Waals surface area contributed by atoms with Crippen molar-refractivity contribution < 1.29 is 23.1 Å². The summed E-state index contributed by atoms with van der Waals surface area (Å²) in [5.74, 6) is -0.957. The van der Waals surface area contributed by atoms with E-state index in [0.29, 0.717) is 17.1 Å². The van der Waals surface area contributed by atoms with Gasteiger partial charge in [-0.05, 0) is 78.4 Å². The number of amides is 2. The second-order valence-electron chi connectivity index (χ2n) is 7.68. The minimum atomic E-state index is -0.888. The summed E-state index contributed by atoms with van der Waals surface area (Å²) in [7, 11) is 1.55. The molecule has 3 aromatic rings. The molecule has 1 aliphatic heterocycles. The van der Waals surface area contributed by atoms with Crippen LogP contribution in [0.25, 0.3) is 0 Å². The summed E-state index contributed by atoms with van der Waals surface area (Å²) >= 11 is 5.58. The highest BCUT2D eigenvalue weighted by Crippen LogP contribution is 2.29. The van der Waals surface area contributed by atoms with Crippen molar-refractivity contribution >= 4 is 40.5 Å². The molecule has 0 spiro atoms. The maximum absolute atomic E-state index is 13.4. The normalized spacial score (nSPS) is 15.6. The van der Waals surface area contributed by atoms with Gasteiger partial charge in [0.1, 0.15) is 23.4 Å². The first-order valence-corrected chi connectivity index (χ1v) is 10.8. The molecule has 6 nitrogen and oxygen atoms in total. The average molecular weight is 482 g/mol. The van der Waals surface area contributed by atoms with E-state index in [2.05, 4.69) is 5.32 Å². The molecule has 0 aliphatic carbocycles. The number of ether oxygens (including phenoxy) is 1. The van der Waals surface area contributed by atoms with E-state index in [9.17, 15) is 18.4 Å². The standard InChI is InChI=1S/C25H21F2N3O3S/c1-33-21-12-8-19(9-13-21)28-23(31)14-22-24(32)30(20-10-6-18(27)7-11-20)25(34)29(22)15-16-2-4-17(26)5-3-16/h2-13,22H,14-15H2,1H3,(H,28,31)/t22-/m0/s1. The van der Waals surface area contributed by atoms with Gasteiger partial charge in [-0.3, -0.25) is 14.5 Å². The number of nitrogens with zero attached hydrogens (tertiary/aromatic N) is 2. The number of thiocarbonyl (C=S) groups is 1. The van der Waals surface area contributed by atoms with Crippen LogP contribution in [0.3, 0.4) is 0 Å². The minimum Gasteiger partial charge on any atom is -0.497 e. The molecule has 1 saturated heterocycles. The Kier molecular flexibility index (Phi) is 6.83. The maximum atomic E-state index is 13.4. The van der Waals surface area contributed by atoms with Crippen LogP contribution in [0.1, 0.15) is 12.0 Å². The van der Waals surface area contributed by atoms with Crippen molar-refractivity contribution in [3.8, 4) is 5.75 Å². The highest BCUT2D eigenvalue weighted by molar-refractivity contribution is 7.80. The Morgan fingerprint density at radius 3 is 2.15 bits per heavy atom. The van der Waals surface area contributed by atoms with Gasteiger partial charge in [-0.1, -0.05) is 12.1 Å². The number of carbonyl (C=O) groups is 2. The molecule has 9 heteroatoms. The molecular weight excluding hydrogens is 460 g/mol. The third-order valence-electron chi connectivity index (χ3n) is 5.42. The van der Waals surface area contributed by atoms with E-state index >= 15 is 0 Å². The van der Waals surface area contributed by atoms with Crippen molar-refractivity contribution in [2.24, 2.45) is 0 Å². The van der Waals surface area contributed by atoms with Crippen LogP contribution in [0, 0.1) is 11.6 Å². The molecular formula is C25H21F2N3O3S. The van der Waals surface area contributed by atoms with Crippen molar-refractivity contribution in [1.82, 2.24) is 4.90 Å². The van der Waals surface area contributed by atoms with E-state index in [1.807, 2.05) is 0 Å². The number of carbonyl (C=O) groups excluding carboxylic acids is 2. The second kappa shape index (κ2) is 9.96. The predicted octanol–water partition coefficient (Wildman–Crippen LogP) is 4.50. The summed E-state index contributed by atoms with van der Waals surface area (Å²) in [5, 5.41) is 2.96. The Hall–Kier alpha value is -3.85. The first kappa shape index (κ1) is 23.3. The molecule has 3 aromatic carbocycles. The van der Waals surface area contributed by atoms with Crippen LogP contribution >= 0.6 is 12.2 Å². The van der Waals surface area contributed by atoms with Crippen LogP contribution in [-0.4, -0.2) is 35.0 Å². The number of nitrogens with one attached hydrogen (secondary N) is 1. The van der Waals surface area contributed by atoms with Gasteiger partial charge in [-0.25, -0.2) is 8.78 Å². The van der Waals surface area contributed by atoms with E-state index in [-0.39, 0.29) is 29.8 Å². The third kappa shape index (κ3) is 5.04. The predicted molar refractivity (Wildman–Crippen MR) is 128 cm³/mol. The van der Waals surface area contributed by atoms with E-state index < -0.39 is 17.8 Å². The Bertz CT molecular complexity index is 1200. The summed E-state index contributed by atoms with van der Waals surface area (Å²) < 4.78 is 31.9. The molecule has 0 bridgehead atoms. The van der Waals surface area contributed by atoms with E-state index in [1.54, 1.807) is 48.4 Å². The van der Waals surface area contributed by atoms with Crippen molar-refractivity contribution in [3.05, 3.63) is 90.0 Å². The molecule has 2 amide bonds. The van der Waals surface area contributed by atoms with Gasteiger partial charge in [-0.2, -0.15) is 0 Å². The lowest BCUT2D eigenvalue weighted by molar-refractivity contribution is -0.124. The van der Waals surface area contributed by atoms with Gasteiger partial charge in [0.25, 0.3) is 5.91 Å². The Morgan fingerprint density at radius 1 is 0.971 bits per heavy atom. The zero-order valence-corrected chi connectivity index (χ0v) is 19.0. The lowest BCUT2D eigenvalue weighted by Gasteiger charge is -2.24. The van der Waals surface area contributed by atoms with Crippen LogP contribution in [0.2, 0.25) is 0 Å². The van der Waals surface area contributed by atoms with Crippen molar-refractivity contribution in [1.29, 1.82) is 0 Å². The molecule has 1 atom stereocenters. The number of benzene rings is 3. The van der Waals surface area contributed by atoms with Crippen molar-refractivity contribution in [2.75, 3.05) is 17.3 Å². The molecule has 1 fully saturated rings. The SMILES string of the molecule is COc1ccc(NC(=O)C[C@H]2C(=O)N(c3ccc(F)cc3)C(=S)N2Cc2ccc(F)cc2)cc1. The first-order chi connectivity index (χ1) is 16.4. The number of anilines is 2. The molecule has 0 aromatic heterocycles. The number of methoxy groups -OCH3 is 1. The van der Waals surface area contributed by atoms with Gasteiger partial charge < -0.3 is 15.0 Å². The molecule has 174 valence electrons. The van der Waals surface area contributed by atoms with Crippen molar-refractivity contribution in [2.45, 2.75) is 19.0 Å². The number of hydrogen-bond donors (Lipinski definition) is 1. The second-order valence-corrected chi connectivity index (χ2v) is 8.05. The molecule has 1 heterocycles. The summed E-state index contributed by atoms with van der Waals surface area (Å²) in [5.41, 5.74) is 1.68. The van der Waals surface area contributed by atoms with Crippen molar-refractivity contribution in [3.63, 3.8) is 0 Å². The fraction of sp³-hybridized carbons (Fsp3) is 0.160. The molecule has 4 rings (SSSR count). The van der Waals surface area contributed by atoms with Crippen LogP contribution < -0.4 is 15.0 Å².